The molecule has 2 heterocycles. The number of nitrogens with one attached hydrogen (secondary N) is 1. The second-order valence-corrected chi connectivity index (χ2v) is 12.3. The Labute approximate surface area is 287 Å². The third-order valence-electron chi connectivity index (χ3n) is 8.07. The van der Waals surface area contributed by atoms with Crippen molar-refractivity contribution < 1.29 is 28.1 Å². The highest BCUT2D eigenvalue weighted by Gasteiger charge is 2.27. The number of rotatable bonds is 13. The van der Waals surface area contributed by atoms with Crippen LogP contribution in [0, 0.1) is 19.7 Å². The molecule has 0 spiro atoms. The first-order valence-electron chi connectivity index (χ1n) is 16.5. The van der Waals surface area contributed by atoms with E-state index in [0.717, 1.165) is 50.3 Å². The van der Waals surface area contributed by atoms with Crippen LogP contribution in [0.5, 0.6) is 23.0 Å². The maximum atomic E-state index is 14.4. The first kappa shape index (κ1) is 35.4. The SMILES string of the molecule is COc1cc(Nc2nccc(N(C(=O)Oc3c(C)cccc3C)c3ccc(F)cc3OC(C)C)n2)ccc1OCCCN1CCN(C)CC1. The van der Waals surface area contributed by atoms with E-state index in [4.69, 9.17) is 18.9 Å². The van der Waals surface area contributed by atoms with Crippen LogP contribution in [0.1, 0.15) is 31.4 Å². The lowest BCUT2D eigenvalue weighted by Crippen LogP contribution is -2.44. The van der Waals surface area contributed by atoms with E-state index in [0.29, 0.717) is 29.5 Å². The number of carbonyl (C=O) groups excluding carboxylic acids is 1. The summed E-state index contributed by atoms with van der Waals surface area (Å²) < 4.78 is 38.0. The van der Waals surface area contributed by atoms with Gasteiger partial charge in [0.1, 0.15) is 23.1 Å². The summed E-state index contributed by atoms with van der Waals surface area (Å²) in [6.07, 6.45) is 1.39. The Morgan fingerprint density at radius 2 is 1.73 bits per heavy atom. The number of aryl methyl sites for hydroxylation is 2. The van der Waals surface area contributed by atoms with Crippen molar-refractivity contribution in [2.24, 2.45) is 0 Å². The number of ether oxygens (including phenoxy) is 4. The molecular weight excluding hydrogens is 627 g/mol. The molecule has 0 saturated carbocycles. The molecule has 1 amide bonds. The lowest BCUT2D eigenvalue weighted by molar-refractivity contribution is 0.145. The summed E-state index contributed by atoms with van der Waals surface area (Å²) in [6, 6.07) is 16.6. The van der Waals surface area contributed by atoms with E-state index in [9.17, 15) is 9.18 Å². The third kappa shape index (κ3) is 9.36. The highest BCUT2D eigenvalue weighted by Crippen LogP contribution is 2.37. The molecule has 1 aromatic heterocycles. The molecule has 1 fully saturated rings. The van der Waals surface area contributed by atoms with Crippen LogP contribution in [0.4, 0.5) is 32.3 Å². The molecule has 1 aliphatic heterocycles. The second kappa shape index (κ2) is 16.4. The third-order valence-corrected chi connectivity index (χ3v) is 8.07. The summed E-state index contributed by atoms with van der Waals surface area (Å²) >= 11 is 0. The number of carbonyl (C=O) groups is 1. The number of likely N-dealkylation sites (N-methyl/N-ethyl adjacent to an activating group) is 1. The number of amides is 1. The molecule has 1 aliphatic rings. The van der Waals surface area contributed by atoms with Gasteiger partial charge in [-0.1, -0.05) is 18.2 Å². The van der Waals surface area contributed by atoms with E-state index in [2.05, 4.69) is 32.1 Å². The van der Waals surface area contributed by atoms with Gasteiger partial charge in [-0.05, 0) is 76.6 Å². The molecule has 0 aliphatic carbocycles. The van der Waals surface area contributed by atoms with Crippen LogP contribution in [0.2, 0.25) is 0 Å². The summed E-state index contributed by atoms with van der Waals surface area (Å²) in [5, 5.41) is 3.19. The molecule has 5 rings (SSSR count). The van der Waals surface area contributed by atoms with E-state index in [1.54, 1.807) is 19.2 Å². The summed E-state index contributed by atoms with van der Waals surface area (Å²) in [7, 11) is 3.74. The fourth-order valence-corrected chi connectivity index (χ4v) is 5.50. The highest BCUT2D eigenvalue weighted by molar-refractivity contribution is 5.98. The average Bonchev–Trinajstić information content (AvgIpc) is 3.07. The molecule has 0 radical (unpaired) electrons. The van der Waals surface area contributed by atoms with Gasteiger partial charge in [-0.25, -0.2) is 19.1 Å². The largest absolute Gasteiger partial charge is 0.493 e. The maximum absolute atomic E-state index is 14.4. The van der Waals surface area contributed by atoms with E-state index in [-0.39, 0.29) is 29.3 Å². The lowest BCUT2D eigenvalue weighted by atomic mass is 10.1. The molecule has 1 saturated heterocycles. The molecule has 3 aromatic carbocycles. The van der Waals surface area contributed by atoms with Crippen LogP contribution in [-0.4, -0.2) is 85.5 Å². The fraction of sp³-hybridized carbons (Fsp3) is 0.378. The lowest BCUT2D eigenvalue weighted by Gasteiger charge is -2.32. The predicted octanol–water partition coefficient (Wildman–Crippen LogP) is 7.13. The summed E-state index contributed by atoms with van der Waals surface area (Å²) in [5.41, 5.74) is 2.47. The normalized spacial score (nSPS) is 13.6. The Bertz CT molecular complexity index is 1710. The monoisotopic (exact) mass is 672 g/mol. The van der Waals surface area contributed by atoms with Crippen molar-refractivity contribution >= 4 is 29.2 Å². The summed E-state index contributed by atoms with van der Waals surface area (Å²) in [5.74, 6) is 1.65. The van der Waals surface area contributed by atoms with E-state index >= 15 is 0 Å². The topological polar surface area (TPSA) is 102 Å². The fourth-order valence-electron chi connectivity index (χ4n) is 5.50. The zero-order chi connectivity index (χ0) is 34.9. The number of methoxy groups -OCH3 is 1. The average molecular weight is 673 g/mol. The van der Waals surface area contributed by atoms with Crippen LogP contribution in [0.3, 0.4) is 0 Å². The molecule has 0 bridgehead atoms. The molecule has 4 aromatic rings. The van der Waals surface area contributed by atoms with Gasteiger partial charge in [-0.3, -0.25) is 0 Å². The molecule has 49 heavy (non-hydrogen) atoms. The first-order valence-corrected chi connectivity index (χ1v) is 16.5. The van der Waals surface area contributed by atoms with Gasteiger partial charge in [0.15, 0.2) is 11.5 Å². The van der Waals surface area contributed by atoms with Crippen molar-refractivity contribution in [2.45, 2.75) is 40.2 Å². The standard InChI is InChI=1S/C37H45FN6O5/c1-25(2)48-32-23-28(38)11-13-30(32)44(37(45)49-35-26(3)9-7-10-27(35)4)34-15-16-39-36(41-34)40-29-12-14-31(33(24-29)46-6)47-22-8-17-43-20-18-42(5)19-21-43/h7,9-16,23-25H,8,17-22H2,1-6H3,(H,39,40,41). The molecular formula is C37H45FN6O5. The van der Waals surface area contributed by atoms with Gasteiger partial charge in [0.2, 0.25) is 5.95 Å². The number of aromatic nitrogens is 2. The van der Waals surface area contributed by atoms with E-state index < -0.39 is 11.9 Å². The number of halogens is 1. The molecule has 0 atom stereocenters. The number of piperazine rings is 1. The highest BCUT2D eigenvalue weighted by atomic mass is 19.1. The number of hydrogen-bond donors (Lipinski definition) is 1. The van der Waals surface area contributed by atoms with Gasteiger partial charge in [-0.15, -0.1) is 0 Å². The van der Waals surface area contributed by atoms with Crippen molar-refractivity contribution in [1.29, 1.82) is 0 Å². The zero-order valence-electron chi connectivity index (χ0n) is 29.0. The quantitative estimate of drug-likeness (QED) is 0.148. The minimum atomic E-state index is -0.752. The summed E-state index contributed by atoms with van der Waals surface area (Å²) in [6.45, 7) is 13.2. The van der Waals surface area contributed by atoms with Crippen molar-refractivity contribution in [3.05, 3.63) is 83.8 Å². The smallest absolute Gasteiger partial charge is 0.425 e. The van der Waals surface area contributed by atoms with E-state index in [1.807, 2.05) is 58.0 Å². The van der Waals surface area contributed by atoms with Crippen LogP contribution in [-0.2, 0) is 0 Å². The molecule has 0 unspecified atom stereocenters. The number of para-hydroxylation sites is 1. The second-order valence-electron chi connectivity index (χ2n) is 12.3. The number of hydrogen-bond acceptors (Lipinski definition) is 10. The van der Waals surface area contributed by atoms with Crippen LogP contribution in [0.15, 0.2) is 66.9 Å². The van der Waals surface area contributed by atoms with E-state index in [1.165, 1.54) is 29.3 Å². The molecule has 1 N–H and O–H groups in total. The van der Waals surface area contributed by atoms with Crippen molar-refractivity contribution in [1.82, 2.24) is 19.8 Å². The Kier molecular flexibility index (Phi) is 11.9. The first-order chi connectivity index (χ1) is 23.6. The molecule has 260 valence electrons. The van der Waals surface area contributed by atoms with Gasteiger partial charge in [0.05, 0.1) is 25.5 Å². The maximum Gasteiger partial charge on any atom is 0.425 e. The molecule has 11 nitrogen and oxygen atoms in total. The van der Waals surface area contributed by atoms with Crippen LogP contribution < -0.4 is 29.2 Å². The number of anilines is 4. The van der Waals surface area contributed by atoms with Crippen LogP contribution in [0.25, 0.3) is 0 Å². The zero-order valence-corrected chi connectivity index (χ0v) is 29.0. The van der Waals surface area contributed by atoms with Gasteiger partial charge in [0, 0.05) is 62.8 Å². The Morgan fingerprint density at radius 3 is 2.45 bits per heavy atom. The van der Waals surface area contributed by atoms with Gasteiger partial charge in [-0.2, -0.15) is 4.98 Å². The van der Waals surface area contributed by atoms with Crippen molar-refractivity contribution in [3.63, 3.8) is 0 Å². The number of benzene rings is 3. The van der Waals surface area contributed by atoms with Gasteiger partial charge in [0.25, 0.3) is 0 Å². The Balaban J connectivity index is 1.36. The van der Waals surface area contributed by atoms with Gasteiger partial charge >= 0.3 is 6.09 Å². The minimum absolute atomic E-state index is 0.158. The minimum Gasteiger partial charge on any atom is -0.493 e. The van der Waals surface area contributed by atoms with Crippen molar-refractivity contribution in [3.8, 4) is 23.0 Å². The number of nitrogens with zero attached hydrogens (tertiary/aromatic N) is 5. The van der Waals surface area contributed by atoms with Crippen molar-refractivity contribution in [2.75, 3.05) is 63.7 Å². The van der Waals surface area contributed by atoms with Gasteiger partial charge < -0.3 is 34.1 Å². The molecule has 12 heteroatoms. The predicted molar refractivity (Wildman–Crippen MR) is 189 cm³/mol. The summed E-state index contributed by atoms with van der Waals surface area (Å²) in [4.78, 5) is 29.1. The van der Waals surface area contributed by atoms with Crippen LogP contribution >= 0.6 is 0 Å². The Hall–Kier alpha value is -4.94. The Morgan fingerprint density at radius 1 is 0.980 bits per heavy atom.